The van der Waals surface area contributed by atoms with Gasteiger partial charge in [-0.15, -0.1) is 0 Å². The quantitative estimate of drug-likeness (QED) is 0.394. The van der Waals surface area contributed by atoms with Gasteiger partial charge >= 0.3 is 0 Å². The lowest BCUT2D eigenvalue weighted by atomic mass is 10.1. The van der Waals surface area contributed by atoms with Crippen molar-refractivity contribution >= 4 is 24.4 Å². The monoisotopic (exact) mass is 277 g/mol. The topological polar surface area (TPSA) is 3.24 Å². The Morgan fingerprint density at radius 1 is 0.824 bits per heavy atom. The maximum absolute atomic E-state index is 4.23. The fourth-order valence-corrected chi connectivity index (χ4v) is 2.61. The Kier molecular flexibility index (Phi) is 15.3. The molecule has 0 saturated heterocycles. The van der Waals surface area contributed by atoms with E-state index in [0.29, 0.717) is 0 Å². The third kappa shape index (κ3) is 14.6. The summed E-state index contributed by atoms with van der Waals surface area (Å²) >= 11 is 6.18. The molecule has 104 valence electrons. The first-order valence-corrected chi connectivity index (χ1v) is 9.12. The van der Waals surface area contributed by atoms with Crippen molar-refractivity contribution in [2.24, 2.45) is 0 Å². The SMILES string of the molecule is CSCCCN(C)CCCCCCCCCS. The maximum Gasteiger partial charge on any atom is -0.00139 e. The van der Waals surface area contributed by atoms with Gasteiger partial charge in [-0.2, -0.15) is 24.4 Å². The highest BCUT2D eigenvalue weighted by atomic mass is 32.2. The van der Waals surface area contributed by atoms with E-state index in [1.807, 2.05) is 11.8 Å². The third-order valence-corrected chi connectivity index (χ3v) is 4.10. The van der Waals surface area contributed by atoms with Crippen LogP contribution in [-0.2, 0) is 0 Å². The van der Waals surface area contributed by atoms with Crippen molar-refractivity contribution in [3.05, 3.63) is 0 Å². The van der Waals surface area contributed by atoms with E-state index in [1.54, 1.807) is 0 Å². The molecular formula is C14H31NS2. The Morgan fingerprint density at radius 2 is 1.35 bits per heavy atom. The standard InChI is InChI=1S/C14H31NS2/c1-15(12-10-14-17-2)11-8-6-4-3-5-7-9-13-16/h16H,3-14H2,1-2H3. The van der Waals surface area contributed by atoms with Gasteiger partial charge in [-0.25, -0.2) is 0 Å². The lowest BCUT2D eigenvalue weighted by molar-refractivity contribution is 0.325. The van der Waals surface area contributed by atoms with Crippen LogP contribution in [0, 0.1) is 0 Å². The van der Waals surface area contributed by atoms with Crippen LogP contribution in [0.15, 0.2) is 0 Å². The van der Waals surface area contributed by atoms with Crippen molar-refractivity contribution in [1.29, 1.82) is 0 Å². The zero-order chi connectivity index (χ0) is 12.8. The van der Waals surface area contributed by atoms with Crippen molar-refractivity contribution in [2.75, 3.05) is 37.9 Å². The second kappa shape index (κ2) is 14.7. The molecule has 0 radical (unpaired) electrons. The third-order valence-electron chi connectivity index (χ3n) is 3.09. The number of hydrogen-bond acceptors (Lipinski definition) is 3. The lowest BCUT2D eigenvalue weighted by Crippen LogP contribution is -2.21. The molecule has 0 aromatic heterocycles. The van der Waals surface area contributed by atoms with Crippen LogP contribution in [0.3, 0.4) is 0 Å². The molecule has 1 nitrogen and oxygen atoms in total. The van der Waals surface area contributed by atoms with Crippen LogP contribution < -0.4 is 0 Å². The highest BCUT2D eigenvalue weighted by molar-refractivity contribution is 7.98. The molecule has 0 atom stereocenters. The molecule has 0 heterocycles. The van der Waals surface area contributed by atoms with Crippen molar-refractivity contribution < 1.29 is 0 Å². The van der Waals surface area contributed by atoms with E-state index in [2.05, 4.69) is 30.8 Å². The first kappa shape index (κ1) is 17.7. The van der Waals surface area contributed by atoms with Gasteiger partial charge in [0.2, 0.25) is 0 Å². The predicted molar refractivity (Wildman–Crippen MR) is 86.7 cm³/mol. The Bertz CT molecular complexity index is 142. The van der Waals surface area contributed by atoms with Crippen molar-refractivity contribution in [3.63, 3.8) is 0 Å². The minimum Gasteiger partial charge on any atom is -0.306 e. The zero-order valence-corrected chi connectivity index (χ0v) is 13.5. The summed E-state index contributed by atoms with van der Waals surface area (Å²) in [6.07, 6.45) is 13.2. The second-order valence-electron chi connectivity index (χ2n) is 4.85. The molecule has 17 heavy (non-hydrogen) atoms. The normalized spacial score (nSPS) is 11.3. The van der Waals surface area contributed by atoms with Crippen molar-refractivity contribution in [3.8, 4) is 0 Å². The van der Waals surface area contributed by atoms with E-state index in [9.17, 15) is 0 Å². The van der Waals surface area contributed by atoms with Gasteiger partial charge in [-0.1, -0.05) is 32.1 Å². The van der Waals surface area contributed by atoms with E-state index in [0.717, 1.165) is 5.75 Å². The molecule has 0 aliphatic carbocycles. The number of rotatable bonds is 13. The van der Waals surface area contributed by atoms with Gasteiger partial charge in [-0.05, 0) is 57.2 Å². The molecule has 0 N–H and O–H groups in total. The molecule has 0 rings (SSSR count). The smallest absolute Gasteiger partial charge is 0.00139 e. The predicted octanol–water partition coefficient (Wildman–Crippen LogP) is 4.33. The van der Waals surface area contributed by atoms with Gasteiger partial charge in [0, 0.05) is 0 Å². The lowest BCUT2D eigenvalue weighted by Gasteiger charge is -2.15. The Balaban J connectivity index is 3.05. The summed E-state index contributed by atoms with van der Waals surface area (Å²) in [4.78, 5) is 2.48. The van der Waals surface area contributed by atoms with Crippen LogP contribution >= 0.6 is 24.4 Å². The van der Waals surface area contributed by atoms with E-state index >= 15 is 0 Å². The fraction of sp³-hybridized carbons (Fsp3) is 1.00. The van der Waals surface area contributed by atoms with Crippen LogP contribution in [0.4, 0.5) is 0 Å². The molecule has 3 heteroatoms. The summed E-state index contributed by atoms with van der Waals surface area (Å²) in [5.41, 5.74) is 0. The number of unbranched alkanes of at least 4 members (excludes halogenated alkanes) is 6. The summed E-state index contributed by atoms with van der Waals surface area (Å²) in [5, 5.41) is 0. The van der Waals surface area contributed by atoms with Gasteiger partial charge in [0.1, 0.15) is 0 Å². The Morgan fingerprint density at radius 3 is 1.94 bits per heavy atom. The Labute approximate surface area is 119 Å². The molecule has 0 saturated carbocycles. The van der Waals surface area contributed by atoms with Crippen LogP contribution in [0.2, 0.25) is 0 Å². The number of thiol groups is 1. The summed E-state index contributed by atoms with van der Waals surface area (Å²) in [7, 11) is 2.26. The summed E-state index contributed by atoms with van der Waals surface area (Å²) < 4.78 is 0. The van der Waals surface area contributed by atoms with Gasteiger partial charge in [0.25, 0.3) is 0 Å². The molecule has 0 aromatic carbocycles. The molecule has 0 aromatic rings. The second-order valence-corrected chi connectivity index (χ2v) is 6.28. The highest BCUT2D eigenvalue weighted by Crippen LogP contribution is 2.08. The molecule has 0 fully saturated rings. The molecule has 0 aliphatic rings. The minimum atomic E-state index is 1.06. The average molecular weight is 278 g/mol. The average Bonchev–Trinajstić information content (AvgIpc) is 2.33. The summed E-state index contributed by atoms with van der Waals surface area (Å²) in [6.45, 7) is 2.55. The summed E-state index contributed by atoms with van der Waals surface area (Å²) in [5.74, 6) is 2.36. The largest absolute Gasteiger partial charge is 0.306 e. The molecule has 0 aliphatic heterocycles. The van der Waals surface area contributed by atoms with Crippen molar-refractivity contribution in [2.45, 2.75) is 51.4 Å². The summed E-state index contributed by atoms with van der Waals surface area (Å²) in [6, 6.07) is 0. The van der Waals surface area contributed by atoms with Gasteiger partial charge in [0.15, 0.2) is 0 Å². The van der Waals surface area contributed by atoms with E-state index in [1.165, 1.54) is 70.2 Å². The van der Waals surface area contributed by atoms with Crippen LogP contribution in [0.5, 0.6) is 0 Å². The van der Waals surface area contributed by atoms with E-state index in [-0.39, 0.29) is 0 Å². The zero-order valence-electron chi connectivity index (χ0n) is 11.8. The van der Waals surface area contributed by atoms with Crippen molar-refractivity contribution in [1.82, 2.24) is 4.90 Å². The maximum atomic E-state index is 4.23. The minimum absolute atomic E-state index is 1.06. The highest BCUT2D eigenvalue weighted by Gasteiger charge is 1.97. The number of nitrogens with zero attached hydrogens (tertiary/aromatic N) is 1. The van der Waals surface area contributed by atoms with Gasteiger partial charge in [0.05, 0.1) is 0 Å². The molecular weight excluding hydrogens is 246 g/mol. The Hall–Kier alpha value is 0.660. The molecule has 0 bridgehead atoms. The number of thioether (sulfide) groups is 1. The fourth-order valence-electron chi connectivity index (χ4n) is 1.97. The molecule has 0 unspecified atom stereocenters. The van der Waals surface area contributed by atoms with Gasteiger partial charge < -0.3 is 4.90 Å². The van der Waals surface area contributed by atoms with Crippen LogP contribution in [-0.4, -0.2) is 42.8 Å². The van der Waals surface area contributed by atoms with Crippen LogP contribution in [0.25, 0.3) is 0 Å². The number of hydrogen-bond donors (Lipinski definition) is 1. The molecule has 0 amide bonds. The first-order valence-electron chi connectivity index (χ1n) is 7.09. The first-order chi connectivity index (χ1) is 8.31. The van der Waals surface area contributed by atoms with Crippen LogP contribution in [0.1, 0.15) is 51.4 Å². The molecule has 0 spiro atoms. The van der Waals surface area contributed by atoms with E-state index < -0.39 is 0 Å². The van der Waals surface area contributed by atoms with E-state index in [4.69, 9.17) is 0 Å². The van der Waals surface area contributed by atoms with Gasteiger partial charge in [-0.3, -0.25) is 0 Å².